The number of carbonyl (C=O) groups excluding carboxylic acids is 4. The number of aliphatic carboxylic acids is 1. The zero-order chi connectivity index (χ0) is 30.2. The average molecular weight is 562 g/mol. The average Bonchev–Trinajstić information content (AvgIpc) is 2.83. The van der Waals surface area contributed by atoms with Gasteiger partial charge in [-0.3, -0.25) is 24.2 Å². The molecular formula is C23H34F3N7O6. The van der Waals surface area contributed by atoms with Gasteiger partial charge in [-0.2, -0.15) is 13.2 Å². The van der Waals surface area contributed by atoms with Crippen molar-refractivity contribution in [3.63, 3.8) is 0 Å². The summed E-state index contributed by atoms with van der Waals surface area (Å²) in [5.41, 5.74) is 11.5. The summed E-state index contributed by atoms with van der Waals surface area (Å²) in [6.07, 6.45) is -4.43. The normalized spacial score (nSPS) is 12.8. The van der Waals surface area contributed by atoms with Crippen molar-refractivity contribution in [3.8, 4) is 0 Å². The van der Waals surface area contributed by atoms with Crippen molar-refractivity contribution in [2.24, 2.45) is 16.5 Å². The van der Waals surface area contributed by atoms with E-state index in [1.807, 2.05) is 30.3 Å². The van der Waals surface area contributed by atoms with Crippen LogP contribution >= 0.6 is 0 Å². The molecule has 0 saturated carbocycles. The topological polar surface area (TPSA) is 218 Å². The molecule has 4 amide bonds. The molecule has 218 valence electrons. The number of amides is 4. The maximum atomic E-state index is 12.8. The molecule has 0 heterocycles. The number of carboxylic acid groups (broad SMARTS) is 1. The lowest BCUT2D eigenvalue weighted by molar-refractivity contribution is -0.192. The minimum Gasteiger partial charge on any atom is -0.475 e. The molecule has 0 saturated heterocycles. The maximum absolute atomic E-state index is 12.8. The van der Waals surface area contributed by atoms with Gasteiger partial charge in [0.15, 0.2) is 5.96 Å². The van der Waals surface area contributed by atoms with E-state index in [0.717, 1.165) is 5.56 Å². The highest BCUT2D eigenvalue weighted by Crippen LogP contribution is 2.13. The van der Waals surface area contributed by atoms with E-state index in [0.29, 0.717) is 13.0 Å². The summed E-state index contributed by atoms with van der Waals surface area (Å²) in [4.78, 5) is 61.4. The molecule has 13 nitrogen and oxygen atoms in total. The fourth-order valence-electron chi connectivity index (χ4n) is 2.76. The van der Waals surface area contributed by atoms with Gasteiger partial charge in [0.1, 0.15) is 18.1 Å². The van der Waals surface area contributed by atoms with E-state index in [1.165, 1.54) is 13.8 Å². The Morgan fingerprint density at radius 3 is 1.95 bits per heavy atom. The van der Waals surface area contributed by atoms with Gasteiger partial charge in [0.25, 0.3) is 0 Å². The first-order valence-electron chi connectivity index (χ1n) is 11.6. The molecule has 39 heavy (non-hydrogen) atoms. The number of hydrogen-bond acceptors (Lipinski definition) is 6. The summed E-state index contributed by atoms with van der Waals surface area (Å²) in [6.45, 7) is 4.95. The van der Waals surface area contributed by atoms with Crippen LogP contribution < -0.4 is 32.7 Å². The largest absolute Gasteiger partial charge is 0.490 e. The van der Waals surface area contributed by atoms with Gasteiger partial charge < -0.3 is 37.8 Å². The monoisotopic (exact) mass is 561 g/mol. The van der Waals surface area contributed by atoms with Crippen molar-refractivity contribution in [2.75, 3.05) is 6.54 Å². The minimum absolute atomic E-state index is 0.0713. The molecule has 16 heteroatoms. The molecule has 1 aromatic carbocycles. The van der Waals surface area contributed by atoms with Crippen LogP contribution in [0.25, 0.3) is 0 Å². The Bertz CT molecular complexity index is 1000. The van der Waals surface area contributed by atoms with E-state index in [4.69, 9.17) is 21.4 Å². The number of nitrogens with one attached hydrogen (secondary N) is 4. The van der Waals surface area contributed by atoms with Crippen LogP contribution in [0.15, 0.2) is 35.3 Å². The predicted octanol–water partition coefficient (Wildman–Crippen LogP) is -0.496. The van der Waals surface area contributed by atoms with Crippen molar-refractivity contribution in [1.29, 1.82) is 0 Å². The van der Waals surface area contributed by atoms with Gasteiger partial charge in [-0.05, 0) is 32.3 Å². The number of rotatable bonds is 12. The van der Waals surface area contributed by atoms with Crippen molar-refractivity contribution in [2.45, 2.75) is 64.5 Å². The Balaban J connectivity index is 0.00000181. The van der Waals surface area contributed by atoms with Crippen LogP contribution in [0.2, 0.25) is 0 Å². The SMILES string of the molecule is CC(=O)N[C@@H](C)C(=O)N[C@@H](CCCN=C(N)N)C(=O)N[C@@H](C)C(=O)NCc1ccccc1.O=C(O)C(F)(F)F. The molecule has 0 aromatic heterocycles. The number of alkyl halides is 3. The second-order valence-corrected chi connectivity index (χ2v) is 8.17. The summed E-state index contributed by atoms with van der Waals surface area (Å²) in [5.74, 6) is -4.61. The molecule has 0 unspecified atom stereocenters. The van der Waals surface area contributed by atoms with Crippen LogP contribution in [0.5, 0.6) is 0 Å². The summed E-state index contributed by atoms with van der Waals surface area (Å²) >= 11 is 0. The predicted molar refractivity (Wildman–Crippen MR) is 135 cm³/mol. The van der Waals surface area contributed by atoms with E-state index in [9.17, 15) is 32.3 Å². The fraction of sp³-hybridized carbons (Fsp3) is 0.478. The zero-order valence-electron chi connectivity index (χ0n) is 21.7. The van der Waals surface area contributed by atoms with Crippen molar-refractivity contribution >= 4 is 35.6 Å². The maximum Gasteiger partial charge on any atom is 0.490 e. The Morgan fingerprint density at radius 2 is 1.46 bits per heavy atom. The molecule has 1 rings (SSSR count). The molecule has 0 fully saturated rings. The Hall–Kier alpha value is -4.37. The molecule has 0 aliphatic rings. The number of nitrogens with two attached hydrogens (primary N) is 2. The second-order valence-electron chi connectivity index (χ2n) is 8.17. The van der Waals surface area contributed by atoms with Crippen LogP contribution in [0, 0.1) is 0 Å². The molecular weight excluding hydrogens is 527 g/mol. The highest BCUT2D eigenvalue weighted by molar-refractivity contribution is 5.93. The van der Waals surface area contributed by atoms with Crippen LogP contribution in [-0.2, 0) is 30.5 Å². The van der Waals surface area contributed by atoms with Crippen molar-refractivity contribution < 1.29 is 42.3 Å². The number of guanidine groups is 1. The number of carbonyl (C=O) groups is 5. The number of benzene rings is 1. The number of halogens is 3. The number of aliphatic imine (C=N–C) groups is 1. The third kappa shape index (κ3) is 16.2. The zero-order valence-corrected chi connectivity index (χ0v) is 21.7. The third-order valence-corrected chi connectivity index (χ3v) is 4.70. The standard InChI is InChI=1S/C21H33N7O4.C2HF3O2/c1-13(18(30)25-12-16-8-5-4-6-9-16)27-20(32)17(10-7-11-24-21(22)23)28-19(31)14(2)26-15(3)29;3-2(4,5)1(6)7/h4-6,8-9,13-14,17H,7,10-12H2,1-3H3,(H,25,30)(H,26,29)(H,27,32)(H,28,31)(H4,22,23,24);(H,6,7)/t13-,14-,17-;/m0./s1. The quantitative estimate of drug-likeness (QED) is 0.1000. The van der Waals surface area contributed by atoms with Crippen LogP contribution in [0.1, 0.15) is 39.2 Å². The van der Waals surface area contributed by atoms with E-state index < -0.39 is 42.1 Å². The van der Waals surface area contributed by atoms with Crippen LogP contribution in [0.3, 0.4) is 0 Å². The number of nitrogens with zero attached hydrogens (tertiary/aromatic N) is 1. The van der Waals surface area contributed by atoms with Crippen LogP contribution in [0.4, 0.5) is 13.2 Å². The second kappa shape index (κ2) is 17.2. The highest BCUT2D eigenvalue weighted by Gasteiger charge is 2.38. The first-order valence-corrected chi connectivity index (χ1v) is 11.6. The Morgan fingerprint density at radius 1 is 0.923 bits per heavy atom. The molecule has 0 aliphatic heterocycles. The van der Waals surface area contributed by atoms with Gasteiger partial charge in [-0.25, -0.2) is 4.79 Å². The lowest BCUT2D eigenvalue weighted by Crippen LogP contribution is -2.55. The molecule has 0 aliphatic carbocycles. The van der Waals surface area contributed by atoms with Gasteiger partial charge in [0.05, 0.1) is 0 Å². The van der Waals surface area contributed by atoms with Gasteiger partial charge in [-0.15, -0.1) is 0 Å². The Kier molecular flexibility index (Phi) is 15.3. The van der Waals surface area contributed by atoms with Gasteiger partial charge in [-0.1, -0.05) is 30.3 Å². The van der Waals surface area contributed by atoms with Crippen LogP contribution in [-0.4, -0.2) is 71.5 Å². The summed E-state index contributed by atoms with van der Waals surface area (Å²) in [6, 6.07) is 6.78. The van der Waals surface area contributed by atoms with E-state index in [-0.39, 0.29) is 30.7 Å². The van der Waals surface area contributed by atoms with Crippen molar-refractivity contribution in [1.82, 2.24) is 21.3 Å². The lowest BCUT2D eigenvalue weighted by atomic mass is 10.1. The first kappa shape index (κ1) is 34.6. The smallest absolute Gasteiger partial charge is 0.475 e. The lowest BCUT2D eigenvalue weighted by Gasteiger charge is -2.23. The molecule has 1 aromatic rings. The van der Waals surface area contributed by atoms with Gasteiger partial charge >= 0.3 is 12.1 Å². The molecule has 9 N–H and O–H groups in total. The highest BCUT2D eigenvalue weighted by atomic mass is 19.4. The van der Waals surface area contributed by atoms with E-state index in [1.54, 1.807) is 6.92 Å². The summed E-state index contributed by atoms with van der Waals surface area (Å²) in [7, 11) is 0. The Labute approximate surface area is 223 Å². The molecule has 0 bridgehead atoms. The molecule has 3 atom stereocenters. The van der Waals surface area contributed by atoms with E-state index in [2.05, 4.69) is 26.3 Å². The fourth-order valence-corrected chi connectivity index (χ4v) is 2.76. The molecule has 0 spiro atoms. The van der Waals surface area contributed by atoms with Crippen molar-refractivity contribution in [3.05, 3.63) is 35.9 Å². The molecule has 0 radical (unpaired) electrons. The van der Waals surface area contributed by atoms with E-state index >= 15 is 0 Å². The summed E-state index contributed by atoms with van der Waals surface area (Å²) < 4.78 is 31.7. The minimum atomic E-state index is -5.08. The number of carboxylic acids is 1. The van der Waals surface area contributed by atoms with Gasteiger partial charge in [0, 0.05) is 20.0 Å². The first-order chi connectivity index (χ1) is 18.0. The third-order valence-electron chi connectivity index (χ3n) is 4.70. The summed E-state index contributed by atoms with van der Waals surface area (Å²) in [5, 5.41) is 17.6. The van der Waals surface area contributed by atoms with Gasteiger partial charge in [0.2, 0.25) is 23.6 Å². The number of hydrogen-bond donors (Lipinski definition) is 7.